The number of ether oxygens (including phenoxy) is 1. The van der Waals surface area contributed by atoms with Crippen LogP contribution in [0.2, 0.25) is 0 Å². The number of hydrogen-bond donors (Lipinski definition) is 1. The predicted molar refractivity (Wildman–Crippen MR) is 143 cm³/mol. The van der Waals surface area contributed by atoms with Crippen molar-refractivity contribution in [2.24, 2.45) is 0 Å². The number of rotatable bonds is 9. The number of anilines is 2. The Morgan fingerprint density at radius 1 is 0.892 bits per heavy atom. The molecule has 2 amide bonds. The van der Waals surface area contributed by atoms with E-state index in [1.807, 2.05) is 6.92 Å². The zero-order chi connectivity index (χ0) is 26.3. The Kier molecular flexibility index (Phi) is 8.45. The largest absolute Gasteiger partial charge is 0.494 e. The summed E-state index contributed by atoms with van der Waals surface area (Å²) >= 11 is 0. The van der Waals surface area contributed by atoms with Gasteiger partial charge in [-0.1, -0.05) is 30.3 Å². The first-order chi connectivity index (χ1) is 17.9. The van der Waals surface area contributed by atoms with Crippen LogP contribution in [-0.4, -0.2) is 51.4 Å². The van der Waals surface area contributed by atoms with Gasteiger partial charge in [-0.25, -0.2) is 8.42 Å². The van der Waals surface area contributed by atoms with E-state index in [1.165, 1.54) is 12.1 Å². The van der Waals surface area contributed by atoms with E-state index < -0.39 is 22.5 Å². The van der Waals surface area contributed by atoms with E-state index in [4.69, 9.17) is 4.74 Å². The van der Waals surface area contributed by atoms with Crippen molar-refractivity contribution in [2.45, 2.75) is 31.1 Å². The summed E-state index contributed by atoms with van der Waals surface area (Å²) in [5.41, 5.74) is 1.06. The number of likely N-dealkylation sites (tertiary alicyclic amines) is 1. The molecule has 1 aliphatic rings. The second kappa shape index (κ2) is 11.9. The minimum Gasteiger partial charge on any atom is -0.494 e. The van der Waals surface area contributed by atoms with Crippen molar-refractivity contribution in [1.82, 2.24) is 4.90 Å². The maximum Gasteiger partial charge on any atom is 0.264 e. The van der Waals surface area contributed by atoms with E-state index in [2.05, 4.69) is 5.32 Å². The van der Waals surface area contributed by atoms with Crippen LogP contribution in [0.1, 0.15) is 36.5 Å². The number of piperidine rings is 1. The van der Waals surface area contributed by atoms with E-state index in [0.717, 1.165) is 23.6 Å². The summed E-state index contributed by atoms with van der Waals surface area (Å²) in [6.45, 7) is 3.23. The van der Waals surface area contributed by atoms with Gasteiger partial charge in [0, 0.05) is 13.1 Å². The van der Waals surface area contributed by atoms with Gasteiger partial charge in [-0.2, -0.15) is 0 Å². The number of benzene rings is 3. The van der Waals surface area contributed by atoms with Crippen LogP contribution in [0.25, 0.3) is 0 Å². The van der Waals surface area contributed by atoms with Crippen LogP contribution in [0.5, 0.6) is 5.75 Å². The maximum atomic E-state index is 13.6. The highest BCUT2D eigenvalue weighted by Gasteiger charge is 2.28. The fraction of sp³-hybridized carbons (Fsp3) is 0.286. The highest BCUT2D eigenvalue weighted by Crippen LogP contribution is 2.26. The second-order valence-corrected chi connectivity index (χ2v) is 10.6. The minimum absolute atomic E-state index is 0.0670. The van der Waals surface area contributed by atoms with E-state index >= 15 is 0 Å². The van der Waals surface area contributed by atoms with E-state index in [-0.39, 0.29) is 10.8 Å². The number of carbonyl (C=O) groups excluding carboxylic acids is 2. The first-order valence-corrected chi connectivity index (χ1v) is 13.8. The second-order valence-electron chi connectivity index (χ2n) is 8.70. The maximum absolute atomic E-state index is 13.6. The number of sulfonamides is 1. The van der Waals surface area contributed by atoms with Crippen molar-refractivity contribution in [1.29, 1.82) is 0 Å². The SMILES string of the molecule is CCOc1ccc(N(CC(=O)Nc2ccccc2C(=O)N2CCCCC2)S(=O)(=O)c2ccccc2)cc1. The zero-order valence-electron chi connectivity index (χ0n) is 20.8. The van der Waals surface area contributed by atoms with Crippen molar-refractivity contribution in [3.05, 3.63) is 84.4 Å². The van der Waals surface area contributed by atoms with Gasteiger partial charge in [0.15, 0.2) is 0 Å². The Labute approximate surface area is 217 Å². The van der Waals surface area contributed by atoms with Crippen molar-refractivity contribution < 1.29 is 22.7 Å². The fourth-order valence-electron chi connectivity index (χ4n) is 4.28. The molecule has 0 bridgehead atoms. The highest BCUT2D eigenvalue weighted by molar-refractivity contribution is 7.92. The predicted octanol–water partition coefficient (Wildman–Crippen LogP) is 4.55. The first-order valence-electron chi connectivity index (χ1n) is 12.4. The number of hydrogen-bond acceptors (Lipinski definition) is 5. The Morgan fingerprint density at radius 3 is 2.22 bits per heavy atom. The Balaban J connectivity index is 1.60. The van der Waals surface area contributed by atoms with Crippen molar-refractivity contribution >= 4 is 33.2 Å². The molecule has 1 N–H and O–H groups in total. The summed E-state index contributed by atoms with van der Waals surface area (Å²) in [5, 5.41) is 2.77. The van der Waals surface area contributed by atoms with Crippen molar-refractivity contribution in [3.63, 3.8) is 0 Å². The summed E-state index contributed by atoms with van der Waals surface area (Å²) in [6.07, 6.45) is 3.00. The Hall–Kier alpha value is -3.85. The highest BCUT2D eigenvalue weighted by atomic mass is 32.2. The average Bonchev–Trinajstić information content (AvgIpc) is 2.93. The van der Waals surface area contributed by atoms with Gasteiger partial charge in [-0.3, -0.25) is 13.9 Å². The molecule has 0 unspecified atom stereocenters. The van der Waals surface area contributed by atoms with Crippen LogP contribution in [-0.2, 0) is 14.8 Å². The molecule has 0 aromatic heterocycles. The fourth-order valence-corrected chi connectivity index (χ4v) is 5.72. The molecule has 0 spiro atoms. The molecule has 0 saturated carbocycles. The van der Waals surface area contributed by atoms with Gasteiger partial charge in [0.25, 0.3) is 15.9 Å². The molecular weight excluding hydrogens is 490 g/mol. The molecule has 4 rings (SSSR count). The van der Waals surface area contributed by atoms with Crippen LogP contribution < -0.4 is 14.4 Å². The van der Waals surface area contributed by atoms with Gasteiger partial charge in [0.05, 0.1) is 28.4 Å². The molecular formula is C28H31N3O5S. The van der Waals surface area contributed by atoms with Crippen LogP contribution in [0, 0.1) is 0 Å². The first kappa shape index (κ1) is 26.2. The minimum atomic E-state index is -4.05. The van der Waals surface area contributed by atoms with Gasteiger partial charge >= 0.3 is 0 Å². The number of nitrogens with one attached hydrogen (secondary N) is 1. The summed E-state index contributed by atoms with van der Waals surface area (Å²) in [4.78, 5) is 28.2. The van der Waals surface area contributed by atoms with Crippen LogP contribution >= 0.6 is 0 Å². The number of amides is 2. The molecule has 0 aliphatic carbocycles. The molecule has 3 aromatic carbocycles. The molecule has 0 atom stereocenters. The molecule has 194 valence electrons. The number of para-hydroxylation sites is 1. The van der Waals surface area contributed by atoms with Crippen LogP contribution in [0.3, 0.4) is 0 Å². The van der Waals surface area contributed by atoms with E-state index in [9.17, 15) is 18.0 Å². The van der Waals surface area contributed by atoms with Crippen LogP contribution in [0.15, 0.2) is 83.8 Å². The number of nitrogens with zero attached hydrogens (tertiary/aromatic N) is 2. The third-order valence-corrected chi connectivity index (χ3v) is 7.92. The standard InChI is InChI=1S/C28H31N3O5S/c1-2-36-23-17-15-22(16-18-23)31(37(34,35)24-11-5-3-6-12-24)21-27(32)29-26-14-8-7-13-25(26)28(33)30-19-9-4-10-20-30/h3,5-8,11-18H,2,4,9-10,19-21H2,1H3,(H,29,32). The Morgan fingerprint density at radius 2 is 1.54 bits per heavy atom. The van der Waals surface area contributed by atoms with Crippen molar-refractivity contribution in [2.75, 3.05) is 35.9 Å². The monoisotopic (exact) mass is 521 g/mol. The topological polar surface area (TPSA) is 96.0 Å². The van der Waals surface area contributed by atoms with Gasteiger partial charge in [0.2, 0.25) is 5.91 Å². The molecule has 8 nitrogen and oxygen atoms in total. The lowest BCUT2D eigenvalue weighted by atomic mass is 10.1. The van der Waals surface area contributed by atoms with Gasteiger partial charge in [0.1, 0.15) is 12.3 Å². The van der Waals surface area contributed by atoms with Crippen LogP contribution in [0.4, 0.5) is 11.4 Å². The molecule has 0 radical (unpaired) electrons. The molecule has 9 heteroatoms. The molecule has 3 aromatic rings. The third-order valence-electron chi connectivity index (χ3n) is 6.13. The molecule has 1 saturated heterocycles. The Bertz CT molecular complexity index is 1320. The lowest BCUT2D eigenvalue weighted by Gasteiger charge is -2.28. The van der Waals surface area contributed by atoms with Gasteiger partial charge < -0.3 is 15.0 Å². The molecule has 1 aliphatic heterocycles. The summed E-state index contributed by atoms with van der Waals surface area (Å²) in [6, 6.07) is 21.3. The van der Waals surface area contributed by atoms with Gasteiger partial charge in [-0.15, -0.1) is 0 Å². The molecule has 1 heterocycles. The third kappa shape index (κ3) is 6.29. The zero-order valence-corrected chi connectivity index (χ0v) is 21.6. The van der Waals surface area contributed by atoms with E-state index in [1.54, 1.807) is 71.6 Å². The summed E-state index contributed by atoms with van der Waals surface area (Å²) in [5.74, 6) is -0.110. The average molecular weight is 522 g/mol. The lowest BCUT2D eigenvalue weighted by Crippen LogP contribution is -2.39. The quantitative estimate of drug-likeness (QED) is 0.446. The smallest absolute Gasteiger partial charge is 0.264 e. The number of carbonyl (C=O) groups is 2. The lowest BCUT2D eigenvalue weighted by molar-refractivity contribution is -0.114. The summed E-state index contributed by atoms with van der Waals surface area (Å²) < 4.78 is 33.7. The molecule has 1 fully saturated rings. The van der Waals surface area contributed by atoms with Crippen molar-refractivity contribution in [3.8, 4) is 5.75 Å². The summed E-state index contributed by atoms with van der Waals surface area (Å²) in [7, 11) is -4.05. The normalized spacial score (nSPS) is 13.6. The molecule has 37 heavy (non-hydrogen) atoms. The van der Waals surface area contributed by atoms with E-state index in [0.29, 0.717) is 42.4 Å². The van der Waals surface area contributed by atoms with Gasteiger partial charge in [-0.05, 0) is 74.7 Å².